The molecule has 9 rings (SSSR count). The minimum absolute atomic E-state index is 0.0619. The van der Waals surface area contributed by atoms with E-state index in [0.717, 1.165) is 82.5 Å². The number of pyridine rings is 4. The van der Waals surface area contributed by atoms with Crippen LogP contribution in [0.4, 0.5) is 26.3 Å². The van der Waals surface area contributed by atoms with Crippen LogP contribution in [0.15, 0.2) is 83.9 Å². The molecule has 0 N–H and O–H groups in total. The fourth-order valence-electron chi connectivity index (χ4n) is 7.94. The highest BCUT2D eigenvalue weighted by Crippen LogP contribution is 2.33. The number of hydrogen-bond acceptors (Lipinski definition) is 9. The van der Waals surface area contributed by atoms with Crippen molar-refractivity contribution in [1.82, 2.24) is 28.7 Å². The van der Waals surface area contributed by atoms with E-state index in [9.17, 15) is 35.9 Å². The van der Waals surface area contributed by atoms with Crippen molar-refractivity contribution in [3.05, 3.63) is 135 Å². The zero-order valence-corrected chi connectivity index (χ0v) is 35.3. The zero-order chi connectivity index (χ0) is 44.3. The van der Waals surface area contributed by atoms with Gasteiger partial charge < -0.3 is 23.0 Å². The number of rotatable bonds is 9. The fraction of sp³-hybridized carbons (Fsp3) is 0.378. The lowest BCUT2D eigenvalue weighted by atomic mass is 9.97. The lowest BCUT2D eigenvalue weighted by Crippen LogP contribution is -2.14. The smallest absolute Gasteiger partial charge is 0.381 e. The van der Waals surface area contributed by atoms with Crippen molar-refractivity contribution in [2.75, 3.05) is 39.6 Å². The first-order valence-corrected chi connectivity index (χ1v) is 21.2. The highest BCUT2D eigenvalue weighted by Gasteiger charge is 2.34. The van der Waals surface area contributed by atoms with Crippen molar-refractivity contribution in [2.45, 2.75) is 69.1 Å². The van der Waals surface area contributed by atoms with Crippen LogP contribution >= 0.6 is 15.9 Å². The van der Waals surface area contributed by atoms with Crippen LogP contribution in [0.3, 0.4) is 0 Å². The summed E-state index contributed by atoms with van der Waals surface area (Å²) in [5.41, 5.74) is 4.31. The predicted octanol–water partition coefficient (Wildman–Crippen LogP) is 9.70. The van der Waals surface area contributed by atoms with Crippen molar-refractivity contribution in [1.29, 1.82) is 0 Å². The van der Waals surface area contributed by atoms with Crippen LogP contribution < -0.4 is 0 Å². The number of carbonyl (C=O) groups excluding carboxylic acids is 2. The fourth-order valence-corrected chi connectivity index (χ4v) is 8.52. The molecule has 3 aliphatic rings. The van der Waals surface area contributed by atoms with Crippen molar-refractivity contribution in [3.8, 4) is 0 Å². The first-order valence-electron chi connectivity index (χ1n) is 20.5. The van der Waals surface area contributed by atoms with Gasteiger partial charge in [0.1, 0.15) is 28.4 Å². The van der Waals surface area contributed by atoms with Gasteiger partial charge in [0.05, 0.1) is 29.1 Å². The number of alkyl halides is 6. The van der Waals surface area contributed by atoms with Gasteiger partial charge >= 0.3 is 12.4 Å². The van der Waals surface area contributed by atoms with Gasteiger partial charge in [0.15, 0.2) is 17.2 Å². The van der Waals surface area contributed by atoms with Gasteiger partial charge in [-0.1, -0.05) is 18.2 Å². The third-order valence-corrected chi connectivity index (χ3v) is 11.8. The summed E-state index contributed by atoms with van der Waals surface area (Å²) in [4.78, 5) is 42.0. The van der Waals surface area contributed by atoms with Crippen LogP contribution in [-0.4, -0.2) is 79.9 Å². The molecule has 11 nitrogen and oxygen atoms in total. The Hall–Kier alpha value is -5.30. The lowest BCUT2D eigenvalue weighted by molar-refractivity contribution is -0.142. The molecule has 63 heavy (non-hydrogen) atoms. The topological polar surface area (TPSA) is 122 Å². The van der Waals surface area contributed by atoms with E-state index in [1.54, 1.807) is 12.3 Å². The second-order valence-electron chi connectivity index (χ2n) is 15.6. The summed E-state index contributed by atoms with van der Waals surface area (Å²) in [5.74, 6) is -0.311. The molecule has 0 radical (unpaired) electrons. The Morgan fingerprint density at radius 2 is 1.13 bits per heavy atom. The number of imidazole rings is 2. The molecule has 330 valence electrons. The summed E-state index contributed by atoms with van der Waals surface area (Å²) >= 11 is 3.49. The Kier molecular flexibility index (Phi) is 13.2. The predicted molar refractivity (Wildman–Crippen MR) is 222 cm³/mol. The molecule has 0 amide bonds. The molecule has 0 aromatic carbocycles. The molecule has 0 saturated carbocycles. The maximum absolute atomic E-state index is 13.0. The van der Waals surface area contributed by atoms with Gasteiger partial charge in [-0.25, -0.2) is 19.9 Å². The normalized spacial score (nSPS) is 16.8. The second-order valence-corrected chi connectivity index (χ2v) is 16.4. The SMILES string of the molecule is O=C(Cc1cc(Br)c2nc(C3CCOCC3)cn2c1)c1cccc(C(F)(F)F)n1.O=C(Cc1cc(C2=CCOCC2)c2nc(C3CCOCC3)cn2c1)c1cccc(C(F)(F)F)n1. The van der Waals surface area contributed by atoms with Crippen LogP contribution in [-0.2, 0) is 39.4 Å². The average Bonchev–Trinajstić information content (AvgIpc) is 3.92. The number of fused-ring (bicyclic) bond motifs is 2. The van der Waals surface area contributed by atoms with Crippen LogP contribution in [0.1, 0.15) is 104 Å². The molecule has 0 bridgehead atoms. The van der Waals surface area contributed by atoms with Crippen molar-refractivity contribution in [3.63, 3.8) is 0 Å². The van der Waals surface area contributed by atoms with E-state index in [4.69, 9.17) is 24.2 Å². The average molecular weight is 940 g/mol. The largest absolute Gasteiger partial charge is 0.433 e. The monoisotopic (exact) mass is 938 g/mol. The Bertz CT molecular complexity index is 2670. The minimum Gasteiger partial charge on any atom is -0.381 e. The quantitative estimate of drug-likeness (QED) is 0.103. The van der Waals surface area contributed by atoms with Gasteiger partial charge in [0.25, 0.3) is 0 Å². The highest BCUT2D eigenvalue weighted by atomic mass is 79.9. The molecule has 0 aliphatic carbocycles. The van der Waals surface area contributed by atoms with Crippen molar-refractivity contribution < 1.29 is 50.1 Å². The number of nitrogens with zero attached hydrogens (tertiary/aromatic N) is 6. The Labute approximate surface area is 365 Å². The molecule has 2 fully saturated rings. The number of Topliss-reactive ketones (excluding diaryl/α,β-unsaturated/α-hetero) is 2. The third-order valence-electron chi connectivity index (χ3n) is 11.2. The molecular formula is C45H41BrF6N6O5. The van der Waals surface area contributed by atoms with Crippen LogP contribution in [0, 0.1) is 0 Å². The first-order chi connectivity index (χ1) is 30.2. The van der Waals surface area contributed by atoms with E-state index in [-0.39, 0.29) is 24.2 Å². The summed E-state index contributed by atoms with van der Waals surface area (Å²) in [7, 11) is 0. The molecule has 0 spiro atoms. The number of aromatic nitrogens is 6. The maximum Gasteiger partial charge on any atom is 0.433 e. The lowest BCUT2D eigenvalue weighted by Gasteiger charge is -2.19. The van der Waals surface area contributed by atoms with Gasteiger partial charge in [0.2, 0.25) is 0 Å². The number of halogens is 7. The highest BCUT2D eigenvalue weighted by molar-refractivity contribution is 9.10. The number of ether oxygens (including phenoxy) is 3. The number of carbonyl (C=O) groups is 2. The number of hydrogen-bond donors (Lipinski definition) is 0. The summed E-state index contributed by atoms with van der Waals surface area (Å²) in [6.07, 6.45) is 4.60. The van der Waals surface area contributed by atoms with E-state index >= 15 is 0 Å². The van der Waals surface area contributed by atoms with Crippen molar-refractivity contribution >= 4 is 44.4 Å². The van der Waals surface area contributed by atoms with Gasteiger partial charge in [-0.15, -0.1) is 0 Å². The van der Waals surface area contributed by atoms with Gasteiger partial charge in [0, 0.05) is 81.5 Å². The van der Waals surface area contributed by atoms with E-state index in [1.807, 2.05) is 39.5 Å². The molecule has 2 saturated heterocycles. The molecule has 0 atom stereocenters. The summed E-state index contributed by atoms with van der Waals surface area (Å²) in [6.45, 7) is 3.94. The van der Waals surface area contributed by atoms with E-state index in [2.05, 4.69) is 25.9 Å². The Morgan fingerprint density at radius 3 is 1.62 bits per heavy atom. The minimum atomic E-state index is -4.60. The molecule has 18 heteroatoms. The molecule has 0 unspecified atom stereocenters. The molecule has 3 aliphatic heterocycles. The van der Waals surface area contributed by atoms with Gasteiger partial charge in [-0.05, 0) is 101 Å². The summed E-state index contributed by atoms with van der Waals surface area (Å²) in [6, 6.07) is 10.4. The first kappa shape index (κ1) is 44.3. The summed E-state index contributed by atoms with van der Waals surface area (Å²) in [5, 5.41) is 0. The van der Waals surface area contributed by atoms with Crippen molar-refractivity contribution in [2.24, 2.45) is 0 Å². The van der Waals surface area contributed by atoms with E-state index in [1.165, 1.54) is 24.3 Å². The number of ketones is 2. The van der Waals surface area contributed by atoms with Crippen LogP contribution in [0.2, 0.25) is 0 Å². The molecular weight excluding hydrogens is 898 g/mol. The Balaban J connectivity index is 0.000000175. The van der Waals surface area contributed by atoms with E-state index in [0.29, 0.717) is 62.6 Å². The molecule has 6 aromatic rings. The zero-order valence-electron chi connectivity index (χ0n) is 33.7. The Morgan fingerprint density at radius 1 is 0.635 bits per heavy atom. The summed E-state index contributed by atoms with van der Waals surface area (Å²) < 4.78 is 98.5. The molecule has 6 aromatic heterocycles. The van der Waals surface area contributed by atoms with E-state index < -0.39 is 35.3 Å². The standard InChI is InChI=1S/C25H24F3N3O3.C20H17BrF3N3O2/c26-25(27,28)23-3-1-2-20(29-23)22(32)13-16-12-19(17-4-8-33-9-5-17)24-30-21(15-31(24)14-16)18-6-10-34-11-7-18;21-14-8-12(9-17(28)15-2-1-3-18(25-15)20(22,23)24)10-27-11-16(26-19(14)27)13-4-6-29-7-5-13/h1-4,12,14-15,18H,5-11,13H2;1-3,8,10-11,13H,4-7,9H2. The second kappa shape index (κ2) is 18.8. The molecule has 9 heterocycles. The van der Waals surface area contributed by atoms with Crippen LogP contribution in [0.5, 0.6) is 0 Å². The van der Waals surface area contributed by atoms with Gasteiger partial charge in [-0.3, -0.25) is 9.59 Å². The maximum atomic E-state index is 13.0. The third kappa shape index (κ3) is 10.6. The van der Waals surface area contributed by atoms with Gasteiger partial charge in [-0.2, -0.15) is 26.3 Å². The van der Waals surface area contributed by atoms with Crippen LogP contribution in [0.25, 0.3) is 16.9 Å².